The molecule has 0 radical (unpaired) electrons. The largest absolute Gasteiger partial charge is 0.443 e. The second kappa shape index (κ2) is 9.57. The minimum Gasteiger partial charge on any atom is -0.443 e. The van der Waals surface area contributed by atoms with Crippen molar-refractivity contribution < 1.29 is 4.42 Å². The van der Waals surface area contributed by atoms with Gasteiger partial charge in [0.15, 0.2) is 5.96 Å². The fraction of sp³-hybridized carbons (Fsp3) is 0.222. The average molecular weight is 468 g/mol. The minimum atomic E-state index is 0. The fourth-order valence-electron chi connectivity index (χ4n) is 2.39. The van der Waals surface area contributed by atoms with Crippen molar-refractivity contribution in [3.63, 3.8) is 0 Å². The van der Waals surface area contributed by atoms with Gasteiger partial charge < -0.3 is 14.6 Å². The van der Waals surface area contributed by atoms with E-state index in [-0.39, 0.29) is 24.0 Å². The van der Waals surface area contributed by atoms with E-state index in [0.717, 1.165) is 23.1 Å². The van der Waals surface area contributed by atoms with E-state index >= 15 is 0 Å². The van der Waals surface area contributed by atoms with Crippen LogP contribution < -0.4 is 5.32 Å². The Balaban J connectivity index is 0.00000225. The molecule has 0 saturated heterocycles. The Hall–Kier alpha value is -1.87. The van der Waals surface area contributed by atoms with Gasteiger partial charge in [-0.05, 0) is 17.0 Å². The Morgan fingerprint density at radius 3 is 2.72 bits per heavy atom. The smallest absolute Gasteiger partial charge is 0.236 e. The zero-order valence-electron chi connectivity index (χ0n) is 14.2. The van der Waals surface area contributed by atoms with Crippen LogP contribution in [0.2, 0.25) is 0 Å². The highest BCUT2D eigenvalue weighted by atomic mass is 127. The van der Waals surface area contributed by atoms with Gasteiger partial charge in [-0.1, -0.05) is 36.4 Å². The number of halogens is 1. The molecular weight excluding hydrogens is 447 g/mol. The number of aromatic nitrogens is 1. The van der Waals surface area contributed by atoms with Gasteiger partial charge in [-0.25, -0.2) is 4.98 Å². The Labute approximate surface area is 168 Å². The fourth-order valence-corrected chi connectivity index (χ4v) is 3.04. The number of thiophene rings is 1. The second-order valence-corrected chi connectivity index (χ2v) is 6.31. The number of hydrogen-bond donors (Lipinski definition) is 1. The summed E-state index contributed by atoms with van der Waals surface area (Å²) in [6.07, 6.45) is 1.69. The average Bonchev–Trinajstić information content (AvgIpc) is 3.28. The third kappa shape index (κ3) is 5.30. The number of aliphatic imine (C=N–C) groups is 1. The van der Waals surface area contributed by atoms with E-state index in [2.05, 4.69) is 32.3 Å². The number of nitrogens with one attached hydrogen (secondary N) is 1. The highest BCUT2D eigenvalue weighted by Crippen LogP contribution is 2.23. The third-order valence-electron chi connectivity index (χ3n) is 3.55. The van der Waals surface area contributed by atoms with Gasteiger partial charge in [-0.3, -0.25) is 4.99 Å². The van der Waals surface area contributed by atoms with Crippen LogP contribution in [0.5, 0.6) is 0 Å². The summed E-state index contributed by atoms with van der Waals surface area (Å²) >= 11 is 1.62. The van der Waals surface area contributed by atoms with E-state index in [1.807, 2.05) is 42.8 Å². The number of hydrogen-bond acceptors (Lipinski definition) is 4. The Kier molecular flexibility index (Phi) is 7.45. The third-order valence-corrected chi connectivity index (χ3v) is 4.41. The molecule has 3 rings (SSSR count). The molecule has 132 valence electrons. The molecule has 5 nitrogen and oxygen atoms in total. The summed E-state index contributed by atoms with van der Waals surface area (Å²) in [5.74, 6) is 1.48. The molecule has 0 fully saturated rings. The molecule has 0 aliphatic carbocycles. The number of nitrogens with zero attached hydrogens (tertiary/aromatic N) is 3. The van der Waals surface area contributed by atoms with Crippen LogP contribution in [-0.4, -0.2) is 29.9 Å². The maximum atomic E-state index is 5.54. The summed E-state index contributed by atoms with van der Waals surface area (Å²) in [5, 5.41) is 5.33. The first-order valence-corrected chi connectivity index (χ1v) is 8.58. The zero-order chi connectivity index (χ0) is 16.8. The maximum Gasteiger partial charge on any atom is 0.236 e. The van der Waals surface area contributed by atoms with Gasteiger partial charge in [0.2, 0.25) is 5.89 Å². The molecule has 0 amide bonds. The summed E-state index contributed by atoms with van der Waals surface area (Å²) in [6, 6.07) is 14.3. The molecule has 2 heterocycles. The molecule has 25 heavy (non-hydrogen) atoms. The van der Waals surface area contributed by atoms with Crippen molar-refractivity contribution in [2.75, 3.05) is 14.1 Å². The molecule has 1 aromatic carbocycles. The van der Waals surface area contributed by atoms with Crippen molar-refractivity contribution in [2.45, 2.75) is 13.1 Å². The van der Waals surface area contributed by atoms with Gasteiger partial charge in [0.05, 0.1) is 17.1 Å². The molecule has 0 aliphatic rings. The van der Waals surface area contributed by atoms with E-state index in [4.69, 9.17) is 4.42 Å². The molecule has 7 heteroatoms. The normalized spacial score (nSPS) is 11.0. The molecule has 0 unspecified atom stereocenters. The van der Waals surface area contributed by atoms with Gasteiger partial charge in [-0.15, -0.1) is 35.3 Å². The Bertz CT molecular complexity index is 787. The lowest BCUT2D eigenvalue weighted by Crippen LogP contribution is -2.38. The van der Waals surface area contributed by atoms with E-state index in [1.165, 1.54) is 5.56 Å². The second-order valence-electron chi connectivity index (χ2n) is 5.36. The van der Waals surface area contributed by atoms with Crippen molar-refractivity contribution in [3.05, 3.63) is 65.4 Å². The number of guanidine groups is 1. The van der Waals surface area contributed by atoms with Gasteiger partial charge in [0.25, 0.3) is 0 Å². The van der Waals surface area contributed by atoms with Crippen LogP contribution >= 0.6 is 35.3 Å². The lowest BCUT2D eigenvalue weighted by molar-refractivity contribution is 0.476. The predicted molar refractivity (Wildman–Crippen MR) is 113 cm³/mol. The van der Waals surface area contributed by atoms with Crippen LogP contribution in [-0.2, 0) is 13.1 Å². The quantitative estimate of drug-likeness (QED) is 0.346. The van der Waals surface area contributed by atoms with Gasteiger partial charge in [0.1, 0.15) is 6.26 Å². The molecule has 2 aromatic heterocycles. The zero-order valence-corrected chi connectivity index (χ0v) is 17.3. The van der Waals surface area contributed by atoms with E-state index in [9.17, 15) is 0 Å². The van der Waals surface area contributed by atoms with E-state index < -0.39 is 0 Å². The lowest BCUT2D eigenvalue weighted by Gasteiger charge is -2.21. The van der Waals surface area contributed by atoms with Crippen LogP contribution in [0.3, 0.4) is 0 Å². The van der Waals surface area contributed by atoms with Crippen molar-refractivity contribution >= 4 is 41.3 Å². The molecular formula is C18H21IN4OS. The number of oxazole rings is 1. The molecule has 0 aliphatic heterocycles. The molecule has 0 spiro atoms. The Morgan fingerprint density at radius 2 is 2.04 bits per heavy atom. The SMILES string of the molecule is CN=C(NCc1coc(-c2cccs2)n1)N(C)Cc1ccccc1.I. The van der Waals surface area contributed by atoms with Crippen LogP contribution in [0, 0.1) is 0 Å². The number of rotatable bonds is 5. The standard InChI is InChI=1S/C18H20N4OS.HI/c1-19-18(22(2)12-14-7-4-3-5-8-14)20-11-15-13-23-17(21-15)16-9-6-10-24-16;/h3-10,13H,11-12H2,1-2H3,(H,19,20);1H. The van der Waals surface area contributed by atoms with Crippen LogP contribution in [0.4, 0.5) is 0 Å². The van der Waals surface area contributed by atoms with Crippen molar-refractivity contribution in [2.24, 2.45) is 4.99 Å². The Morgan fingerprint density at radius 1 is 1.24 bits per heavy atom. The first-order valence-electron chi connectivity index (χ1n) is 7.70. The van der Waals surface area contributed by atoms with Gasteiger partial charge >= 0.3 is 0 Å². The molecule has 0 bridgehead atoms. The van der Waals surface area contributed by atoms with E-state index in [1.54, 1.807) is 24.6 Å². The van der Waals surface area contributed by atoms with Crippen LogP contribution in [0.25, 0.3) is 10.8 Å². The summed E-state index contributed by atoms with van der Waals surface area (Å²) in [7, 11) is 3.80. The predicted octanol–water partition coefficient (Wildman–Crippen LogP) is 4.23. The maximum absolute atomic E-state index is 5.54. The molecule has 3 aromatic rings. The monoisotopic (exact) mass is 468 g/mol. The van der Waals surface area contributed by atoms with Crippen molar-refractivity contribution in [1.82, 2.24) is 15.2 Å². The van der Waals surface area contributed by atoms with Crippen molar-refractivity contribution in [1.29, 1.82) is 0 Å². The van der Waals surface area contributed by atoms with Gasteiger partial charge in [0, 0.05) is 20.6 Å². The highest BCUT2D eigenvalue weighted by molar-refractivity contribution is 14.0. The van der Waals surface area contributed by atoms with Crippen LogP contribution in [0.1, 0.15) is 11.3 Å². The summed E-state index contributed by atoms with van der Waals surface area (Å²) in [5.41, 5.74) is 2.09. The highest BCUT2D eigenvalue weighted by Gasteiger charge is 2.10. The molecule has 0 atom stereocenters. The van der Waals surface area contributed by atoms with E-state index in [0.29, 0.717) is 12.4 Å². The van der Waals surface area contributed by atoms with Gasteiger partial charge in [-0.2, -0.15) is 0 Å². The topological polar surface area (TPSA) is 53.7 Å². The summed E-state index contributed by atoms with van der Waals surface area (Å²) in [6.45, 7) is 1.36. The first-order chi connectivity index (χ1) is 11.8. The van der Waals surface area contributed by atoms with Crippen molar-refractivity contribution in [3.8, 4) is 10.8 Å². The van der Waals surface area contributed by atoms with Crippen LogP contribution in [0.15, 0.2) is 63.5 Å². The number of benzene rings is 1. The minimum absolute atomic E-state index is 0. The molecule has 0 saturated carbocycles. The summed E-state index contributed by atoms with van der Waals surface area (Å²) in [4.78, 5) is 12.0. The molecule has 1 N–H and O–H groups in total. The summed E-state index contributed by atoms with van der Waals surface area (Å²) < 4.78 is 5.54. The lowest BCUT2D eigenvalue weighted by atomic mass is 10.2. The first kappa shape index (κ1) is 19.5.